The molecule has 0 unspecified atom stereocenters. The number of aromatic carboxylic acids is 4. The summed E-state index contributed by atoms with van der Waals surface area (Å²) >= 11 is 0. The zero-order valence-electron chi connectivity index (χ0n) is 8.65. The fraction of sp³-hybridized carbons (Fsp3) is 0. The van der Waals surface area contributed by atoms with Gasteiger partial charge < -0.3 is 20.4 Å². The zero-order chi connectivity index (χ0) is 14.0. The van der Waals surface area contributed by atoms with Gasteiger partial charge in [-0.25, -0.2) is 29.1 Å². The second kappa shape index (κ2) is 6.42. The van der Waals surface area contributed by atoms with Gasteiger partial charge in [0.2, 0.25) is 0 Å². The molecule has 0 amide bonds. The standard InChI is InChI=1S/C8H4N2O8.Tb/c11-5(12)1-2(6(13)14)10-4(8(17)18)3(9-1)7(15)16;/h(H,11,12)(H,13,14)(H,15,16)(H,17,18);. The van der Waals surface area contributed by atoms with Crippen LogP contribution < -0.4 is 0 Å². The van der Waals surface area contributed by atoms with E-state index in [9.17, 15) is 19.2 Å². The molecule has 0 saturated heterocycles. The van der Waals surface area contributed by atoms with Gasteiger partial charge in [-0.1, -0.05) is 0 Å². The summed E-state index contributed by atoms with van der Waals surface area (Å²) in [6.07, 6.45) is 0. The second-order valence-electron chi connectivity index (χ2n) is 2.84. The van der Waals surface area contributed by atoms with Gasteiger partial charge in [0.05, 0.1) is 0 Å². The summed E-state index contributed by atoms with van der Waals surface area (Å²) in [6.45, 7) is 0. The summed E-state index contributed by atoms with van der Waals surface area (Å²) < 4.78 is 0. The minimum absolute atomic E-state index is 0. The van der Waals surface area contributed by atoms with Crippen LogP contribution >= 0.6 is 0 Å². The number of hydrogen-bond acceptors (Lipinski definition) is 6. The van der Waals surface area contributed by atoms with E-state index in [2.05, 4.69) is 9.97 Å². The van der Waals surface area contributed by atoms with Crippen molar-refractivity contribution in [1.82, 2.24) is 9.97 Å². The summed E-state index contributed by atoms with van der Waals surface area (Å²) in [7, 11) is 0. The maximum Gasteiger partial charge on any atom is 0.357 e. The first kappa shape index (κ1) is 17.2. The van der Waals surface area contributed by atoms with Gasteiger partial charge in [-0.2, -0.15) is 0 Å². The predicted octanol–water partition coefficient (Wildman–Crippen LogP) is -0.731. The number of carboxylic acids is 4. The molecule has 19 heavy (non-hydrogen) atoms. The van der Waals surface area contributed by atoms with Crippen LogP contribution in [0.15, 0.2) is 0 Å². The van der Waals surface area contributed by atoms with E-state index in [1.165, 1.54) is 0 Å². The third-order valence-corrected chi connectivity index (χ3v) is 1.71. The van der Waals surface area contributed by atoms with Crippen molar-refractivity contribution < 1.29 is 78.2 Å². The van der Waals surface area contributed by atoms with Crippen molar-refractivity contribution in [1.29, 1.82) is 0 Å². The molecule has 0 saturated carbocycles. The van der Waals surface area contributed by atoms with Crippen molar-refractivity contribution in [3.8, 4) is 0 Å². The molecule has 0 aliphatic rings. The summed E-state index contributed by atoms with van der Waals surface area (Å²) in [4.78, 5) is 48.7. The minimum Gasteiger partial charge on any atom is -0.476 e. The average Bonchev–Trinajstić information content (AvgIpc) is 2.26. The Kier molecular flexibility index (Phi) is 5.83. The van der Waals surface area contributed by atoms with Crippen molar-refractivity contribution in [2.75, 3.05) is 0 Å². The molecule has 103 valence electrons. The van der Waals surface area contributed by atoms with E-state index in [-0.39, 0.29) is 38.6 Å². The topological polar surface area (TPSA) is 175 Å². The number of carboxylic acid groups (broad SMARTS) is 4. The van der Waals surface area contributed by atoms with Gasteiger partial charge in [-0.05, 0) is 0 Å². The smallest absolute Gasteiger partial charge is 0.357 e. The molecule has 1 rings (SSSR count). The molecule has 10 nitrogen and oxygen atoms in total. The van der Waals surface area contributed by atoms with Crippen molar-refractivity contribution in [3.05, 3.63) is 22.8 Å². The second-order valence-corrected chi connectivity index (χ2v) is 2.84. The summed E-state index contributed by atoms with van der Waals surface area (Å²) in [5.74, 6) is -7.34. The Labute approximate surface area is 134 Å². The number of nitrogens with zero attached hydrogens (tertiary/aromatic N) is 2. The van der Waals surface area contributed by atoms with Gasteiger partial charge in [-0.15, -0.1) is 0 Å². The van der Waals surface area contributed by atoms with Gasteiger partial charge in [-0.3, -0.25) is 0 Å². The summed E-state index contributed by atoms with van der Waals surface area (Å²) in [6, 6.07) is 0. The molecule has 1 aromatic heterocycles. The Balaban J connectivity index is 0.00000324. The monoisotopic (exact) mass is 415 g/mol. The van der Waals surface area contributed by atoms with Crippen LogP contribution in [0.1, 0.15) is 42.0 Å². The Morgan fingerprint density at radius 3 is 0.842 bits per heavy atom. The van der Waals surface area contributed by atoms with Crippen LogP contribution in [0.2, 0.25) is 0 Å². The third kappa shape index (κ3) is 3.60. The number of hydrogen-bond donors (Lipinski definition) is 4. The van der Waals surface area contributed by atoms with Crippen molar-refractivity contribution in [3.63, 3.8) is 0 Å². The zero-order valence-corrected chi connectivity index (χ0v) is 10.8. The van der Waals surface area contributed by atoms with E-state index in [4.69, 9.17) is 20.4 Å². The Morgan fingerprint density at radius 2 is 0.737 bits per heavy atom. The molecule has 0 aliphatic carbocycles. The molecule has 0 aromatic carbocycles. The van der Waals surface area contributed by atoms with Crippen LogP contribution in [0.5, 0.6) is 0 Å². The molecule has 0 bridgehead atoms. The molecule has 0 spiro atoms. The van der Waals surface area contributed by atoms with Crippen LogP contribution in [-0.2, 0) is 0 Å². The van der Waals surface area contributed by atoms with Gasteiger partial charge in [0.25, 0.3) is 0 Å². The first-order valence-electron chi connectivity index (χ1n) is 4.11. The fourth-order valence-corrected chi connectivity index (χ4v) is 1.03. The minimum atomic E-state index is -1.83. The van der Waals surface area contributed by atoms with Crippen LogP contribution in [0.3, 0.4) is 0 Å². The Morgan fingerprint density at radius 1 is 0.579 bits per heavy atom. The maximum atomic E-state index is 10.7. The summed E-state index contributed by atoms with van der Waals surface area (Å²) in [5.41, 5.74) is -4.59. The SMILES string of the molecule is O=C(O)c1nc(C(=O)O)c(C(=O)O)nc1C(=O)O.[Tb]. The quantitative estimate of drug-likeness (QED) is 0.491. The van der Waals surface area contributed by atoms with Crippen LogP contribution in [0, 0.1) is 38.6 Å². The van der Waals surface area contributed by atoms with Crippen LogP contribution in [-0.4, -0.2) is 54.3 Å². The van der Waals surface area contributed by atoms with Gasteiger partial charge in [0.1, 0.15) is 0 Å². The van der Waals surface area contributed by atoms with Gasteiger partial charge in [0.15, 0.2) is 22.8 Å². The number of aromatic nitrogens is 2. The largest absolute Gasteiger partial charge is 0.476 e. The molecule has 1 radical (unpaired) electrons. The van der Waals surface area contributed by atoms with Crippen molar-refractivity contribution >= 4 is 23.9 Å². The Hall–Kier alpha value is -1.75. The van der Waals surface area contributed by atoms with E-state index >= 15 is 0 Å². The van der Waals surface area contributed by atoms with Crippen LogP contribution in [0.4, 0.5) is 0 Å². The predicted molar refractivity (Wildman–Crippen MR) is 49.9 cm³/mol. The molecule has 0 atom stereocenters. The molecule has 1 heterocycles. The summed E-state index contributed by atoms with van der Waals surface area (Å²) in [5, 5.41) is 34.6. The normalized spacial score (nSPS) is 9.26. The van der Waals surface area contributed by atoms with Crippen LogP contribution in [0.25, 0.3) is 0 Å². The number of rotatable bonds is 4. The van der Waals surface area contributed by atoms with Gasteiger partial charge in [0, 0.05) is 38.6 Å². The molecule has 0 aliphatic heterocycles. The molecule has 0 fully saturated rings. The molecular weight excluding hydrogens is 411 g/mol. The first-order chi connectivity index (χ1) is 8.25. The van der Waals surface area contributed by atoms with Crippen molar-refractivity contribution in [2.24, 2.45) is 0 Å². The number of carbonyl (C=O) groups is 4. The first-order valence-corrected chi connectivity index (χ1v) is 4.11. The molecule has 11 heteroatoms. The average molecular weight is 415 g/mol. The van der Waals surface area contributed by atoms with E-state index in [0.29, 0.717) is 0 Å². The van der Waals surface area contributed by atoms with E-state index in [0.717, 1.165) is 0 Å². The fourth-order valence-electron chi connectivity index (χ4n) is 1.03. The van der Waals surface area contributed by atoms with Gasteiger partial charge >= 0.3 is 23.9 Å². The third-order valence-electron chi connectivity index (χ3n) is 1.71. The van der Waals surface area contributed by atoms with E-state index in [1.807, 2.05) is 0 Å². The Bertz CT molecular complexity index is 486. The molecule has 1 aromatic rings. The van der Waals surface area contributed by atoms with E-state index < -0.39 is 46.7 Å². The van der Waals surface area contributed by atoms with E-state index in [1.54, 1.807) is 0 Å². The molecule has 4 N–H and O–H groups in total. The molecular formula is C8H4N2O8Tb. The maximum absolute atomic E-state index is 10.7. The van der Waals surface area contributed by atoms with Crippen molar-refractivity contribution in [2.45, 2.75) is 0 Å².